The number of benzene rings is 2. The number of fused-ring (bicyclic) bond motifs is 1. The van der Waals surface area contributed by atoms with Gasteiger partial charge in [0, 0.05) is 25.3 Å². The van der Waals surface area contributed by atoms with Crippen molar-refractivity contribution in [2.75, 3.05) is 36.5 Å². The quantitative estimate of drug-likeness (QED) is 0.845. The molecule has 0 saturated carbocycles. The van der Waals surface area contributed by atoms with Gasteiger partial charge in [0.05, 0.1) is 12.3 Å². The van der Waals surface area contributed by atoms with Crippen LogP contribution in [-0.4, -0.2) is 26.2 Å². The normalized spacial score (nSPS) is 14.0. The van der Waals surface area contributed by atoms with Crippen molar-refractivity contribution in [2.24, 2.45) is 0 Å². The minimum Gasteiger partial charge on any atom is -0.491 e. The van der Waals surface area contributed by atoms with Gasteiger partial charge >= 0.3 is 0 Å². The van der Waals surface area contributed by atoms with Gasteiger partial charge in [0.1, 0.15) is 5.75 Å². The molecular weight excluding hydrogens is 260 g/mol. The zero-order valence-corrected chi connectivity index (χ0v) is 12.3. The van der Waals surface area contributed by atoms with Gasteiger partial charge in [-0.2, -0.15) is 0 Å². The van der Waals surface area contributed by atoms with Crippen LogP contribution in [0.5, 0.6) is 5.75 Å². The molecule has 0 amide bonds. The fourth-order valence-corrected chi connectivity index (χ4v) is 2.69. The molecule has 2 aromatic rings. The smallest absolute Gasteiger partial charge is 0.142 e. The van der Waals surface area contributed by atoms with Gasteiger partial charge in [0.2, 0.25) is 0 Å². The predicted octanol–water partition coefficient (Wildman–Crippen LogP) is 3.78. The summed E-state index contributed by atoms with van der Waals surface area (Å²) in [7, 11) is 0. The van der Waals surface area contributed by atoms with Gasteiger partial charge in [-0.05, 0) is 37.1 Å². The standard InChI is InChI=1S/C18H22N2O/c1-2-8-16(9-3-1)19-12-6-13-20-14-7-15-21-18-11-5-4-10-17(18)20/h1-5,8-11,19H,6-7,12-15H2. The SMILES string of the molecule is c1ccc(NCCCN2CCCOc3ccccc32)cc1. The minimum absolute atomic E-state index is 0.815. The van der Waals surface area contributed by atoms with Crippen LogP contribution in [0.2, 0.25) is 0 Å². The van der Waals surface area contributed by atoms with Crippen molar-refractivity contribution in [3.8, 4) is 5.75 Å². The van der Waals surface area contributed by atoms with Crippen LogP contribution in [-0.2, 0) is 0 Å². The molecule has 0 unspecified atom stereocenters. The summed E-state index contributed by atoms with van der Waals surface area (Å²) < 4.78 is 5.80. The molecule has 1 N–H and O–H groups in total. The van der Waals surface area contributed by atoms with E-state index in [1.54, 1.807) is 0 Å². The van der Waals surface area contributed by atoms with Crippen LogP contribution in [0.1, 0.15) is 12.8 Å². The van der Waals surface area contributed by atoms with Crippen molar-refractivity contribution in [1.82, 2.24) is 0 Å². The minimum atomic E-state index is 0.815. The maximum atomic E-state index is 5.80. The molecule has 110 valence electrons. The van der Waals surface area contributed by atoms with Gasteiger partial charge in [-0.1, -0.05) is 30.3 Å². The van der Waals surface area contributed by atoms with E-state index in [4.69, 9.17) is 4.74 Å². The highest BCUT2D eigenvalue weighted by Crippen LogP contribution is 2.30. The number of nitrogens with zero attached hydrogens (tertiary/aromatic N) is 1. The van der Waals surface area contributed by atoms with Gasteiger partial charge in [-0.3, -0.25) is 0 Å². The van der Waals surface area contributed by atoms with Crippen molar-refractivity contribution in [1.29, 1.82) is 0 Å². The molecule has 0 atom stereocenters. The molecule has 1 aliphatic rings. The monoisotopic (exact) mass is 282 g/mol. The Balaban J connectivity index is 1.53. The molecule has 3 heteroatoms. The second kappa shape index (κ2) is 7.02. The van der Waals surface area contributed by atoms with Crippen LogP contribution in [0.4, 0.5) is 11.4 Å². The number of nitrogens with one attached hydrogen (secondary N) is 1. The Kier molecular flexibility index (Phi) is 4.62. The number of ether oxygens (including phenoxy) is 1. The number of para-hydroxylation sites is 3. The van der Waals surface area contributed by atoms with E-state index >= 15 is 0 Å². The Hall–Kier alpha value is -2.16. The van der Waals surface area contributed by atoms with Crippen LogP contribution >= 0.6 is 0 Å². The maximum Gasteiger partial charge on any atom is 0.142 e. The van der Waals surface area contributed by atoms with Crippen LogP contribution in [0.15, 0.2) is 54.6 Å². The molecule has 0 radical (unpaired) electrons. The Labute approximate surface area is 126 Å². The summed E-state index contributed by atoms with van der Waals surface area (Å²) >= 11 is 0. The first-order valence-electron chi connectivity index (χ1n) is 7.69. The Morgan fingerprint density at radius 1 is 1.00 bits per heavy atom. The lowest BCUT2D eigenvalue weighted by Gasteiger charge is -2.23. The van der Waals surface area contributed by atoms with Crippen LogP contribution < -0.4 is 15.0 Å². The van der Waals surface area contributed by atoms with E-state index in [1.165, 1.54) is 11.4 Å². The second-order valence-electron chi connectivity index (χ2n) is 5.30. The summed E-state index contributed by atoms with van der Waals surface area (Å²) in [6.07, 6.45) is 2.20. The van der Waals surface area contributed by atoms with Crippen molar-refractivity contribution < 1.29 is 4.74 Å². The first-order valence-corrected chi connectivity index (χ1v) is 7.69. The lowest BCUT2D eigenvalue weighted by molar-refractivity contribution is 0.322. The van der Waals surface area contributed by atoms with Crippen LogP contribution in [0.3, 0.4) is 0 Å². The van der Waals surface area contributed by atoms with Gasteiger partial charge in [0.25, 0.3) is 0 Å². The molecule has 3 rings (SSSR count). The summed E-state index contributed by atoms with van der Waals surface area (Å²) in [6, 6.07) is 18.7. The van der Waals surface area contributed by atoms with E-state index in [9.17, 15) is 0 Å². The van der Waals surface area contributed by atoms with E-state index in [-0.39, 0.29) is 0 Å². The molecule has 0 spiro atoms. The molecule has 21 heavy (non-hydrogen) atoms. The fourth-order valence-electron chi connectivity index (χ4n) is 2.69. The molecule has 1 aliphatic heterocycles. The molecule has 2 aromatic carbocycles. The molecule has 0 aliphatic carbocycles. The Bertz CT molecular complexity index is 556. The third-order valence-electron chi connectivity index (χ3n) is 3.74. The first kappa shape index (κ1) is 13.8. The van der Waals surface area contributed by atoms with Gasteiger partial charge in [-0.25, -0.2) is 0 Å². The van der Waals surface area contributed by atoms with E-state index in [0.717, 1.165) is 44.8 Å². The zero-order valence-electron chi connectivity index (χ0n) is 12.3. The largest absolute Gasteiger partial charge is 0.491 e. The predicted molar refractivity (Wildman–Crippen MR) is 88.3 cm³/mol. The third kappa shape index (κ3) is 3.69. The van der Waals surface area contributed by atoms with Gasteiger partial charge in [-0.15, -0.1) is 0 Å². The van der Waals surface area contributed by atoms with Crippen LogP contribution in [0.25, 0.3) is 0 Å². The molecule has 0 fully saturated rings. The van der Waals surface area contributed by atoms with Gasteiger partial charge < -0.3 is 15.0 Å². The maximum absolute atomic E-state index is 5.80. The number of hydrogen-bond donors (Lipinski definition) is 1. The lowest BCUT2D eigenvalue weighted by Crippen LogP contribution is -2.26. The average molecular weight is 282 g/mol. The Morgan fingerprint density at radius 2 is 1.81 bits per heavy atom. The summed E-state index contributed by atoms with van der Waals surface area (Å²) in [5, 5.41) is 3.47. The molecular formula is C18H22N2O. The highest BCUT2D eigenvalue weighted by molar-refractivity contribution is 5.58. The summed E-state index contributed by atoms with van der Waals surface area (Å²) in [4.78, 5) is 2.44. The summed E-state index contributed by atoms with van der Waals surface area (Å²) in [5.74, 6) is 1.02. The van der Waals surface area contributed by atoms with Gasteiger partial charge in [0.15, 0.2) is 0 Å². The summed E-state index contributed by atoms with van der Waals surface area (Å²) in [6.45, 7) is 3.93. The molecule has 0 saturated heterocycles. The third-order valence-corrected chi connectivity index (χ3v) is 3.74. The number of rotatable bonds is 5. The van der Waals surface area contributed by atoms with E-state index in [0.29, 0.717) is 0 Å². The van der Waals surface area contributed by atoms with Crippen molar-refractivity contribution in [3.63, 3.8) is 0 Å². The first-order chi connectivity index (χ1) is 10.4. The van der Waals surface area contributed by atoms with Crippen LogP contribution in [0, 0.1) is 0 Å². The van der Waals surface area contributed by atoms with Crippen molar-refractivity contribution in [3.05, 3.63) is 54.6 Å². The van der Waals surface area contributed by atoms with E-state index in [2.05, 4.69) is 52.7 Å². The molecule has 3 nitrogen and oxygen atoms in total. The lowest BCUT2D eigenvalue weighted by atomic mass is 10.2. The van der Waals surface area contributed by atoms with Crippen molar-refractivity contribution >= 4 is 11.4 Å². The highest BCUT2D eigenvalue weighted by Gasteiger charge is 2.14. The highest BCUT2D eigenvalue weighted by atomic mass is 16.5. The molecule has 1 heterocycles. The molecule has 0 bridgehead atoms. The van der Waals surface area contributed by atoms with E-state index in [1.807, 2.05) is 12.1 Å². The fraction of sp³-hybridized carbons (Fsp3) is 0.333. The van der Waals surface area contributed by atoms with Crippen molar-refractivity contribution in [2.45, 2.75) is 12.8 Å². The second-order valence-corrected chi connectivity index (χ2v) is 5.30. The van der Waals surface area contributed by atoms with E-state index < -0.39 is 0 Å². The molecule has 0 aromatic heterocycles. The number of anilines is 2. The zero-order chi connectivity index (χ0) is 14.3. The summed E-state index contributed by atoms with van der Waals surface area (Å²) in [5.41, 5.74) is 2.42. The average Bonchev–Trinajstić information content (AvgIpc) is 2.75. The number of hydrogen-bond acceptors (Lipinski definition) is 3. The Morgan fingerprint density at radius 3 is 2.71 bits per heavy atom. The topological polar surface area (TPSA) is 24.5 Å².